The zero-order valence-corrected chi connectivity index (χ0v) is 12.2. The normalized spacial score (nSPS) is 9.94. The minimum absolute atomic E-state index is 0.0108. The maximum Gasteiger partial charge on any atom is 0.239 e. The molecule has 0 bridgehead atoms. The molecular formula is C11H14Br2N2O. The summed E-state index contributed by atoms with van der Waals surface area (Å²) in [5, 5.41) is 5.88. The van der Waals surface area contributed by atoms with Crippen LogP contribution in [0.5, 0.6) is 0 Å². The lowest BCUT2D eigenvalue weighted by Crippen LogP contribution is -2.30. The second-order valence-electron chi connectivity index (χ2n) is 3.33. The number of benzene rings is 1. The van der Waals surface area contributed by atoms with Crippen molar-refractivity contribution in [3.63, 3.8) is 0 Å². The molecule has 1 amide bonds. The largest absolute Gasteiger partial charge is 0.375 e. The molecule has 5 heteroatoms. The van der Waals surface area contributed by atoms with Gasteiger partial charge >= 0.3 is 0 Å². The van der Waals surface area contributed by atoms with Gasteiger partial charge < -0.3 is 10.6 Å². The van der Waals surface area contributed by atoms with Crippen LogP contribution in [0.2, 0.25) is 0 Å². The second-order valence-corrected chi connectivity index (χ2v) is 5.10. The van der Waals surface area contributed by atoms with Crippen LogP contribution in [-0.4, -0.2) is 19.0 Å². The maximum atomic E-state index is 11.4. The molecule has 0 aliphatic rings. The molecule has 0 saturated heterocycles. The average molecular weight is 350 g/mol. The van der Waals surface area contributed by atoms with Crippen molar-refractivity contribution in [2.45, 2.75) is 13.3 Å². The Morgan fingerprint density at radius 1 is 1.38 bits per heavy atom. The molecule has 0 aliphatic carbocycles. The fraction of sp³-hybridized carbons (Fsp3) is 0.364. The van der Waals surface area contributed by atoms with Crippen molar-refractivity contribution in [1.29, 1.82) is 0 Å². The van der Waals surface area contributed by atoms with Gasteiger partial charge in [-0.25, -0.2) is 0 Å². The Morgan fingerprint density at radius 2 is 2.12 bits per heavy atom. The number of amides is 1. The van der Waals surface area contributed by atoms with Gasteiger partial charge in [0.25, 0.3) is 0 Å². The van der Waals surface area contributed by atoms with E-state index >= 15 is 0 Å². The van der Waals surface area contributed by atoms with Crippen LogP contribution in [0.25, 0.3) is 0 Å². The lowest BCUT2D eigenvalue weighted by Gasteiger charge is -2.09. The van der Waals surface area contributed by atoms with Crippen LogP contribution >= 0.6 is 31.9 Å². The van der Waals surface area contributed by atoms with Gasteiger partial charge in [0.1, 0.15) is 0 Å². The number of carbonyl (C=O) groups excluding carboxylic acids is 1. The van der Waals surface area contributed by atoms with Gasteiger partial charge in [-0.3, -0.25) is 4.79 Å². The van der Waals surface area contributed by atoms with E-state index in [9.17, 15) is 4.79 Å². The number of hydrogen-bond acceptors (Lipinski definition) is 2. The van der Waals surface area contributed by atoms with Gasteiger partial charge in [-0.1, -0.05) is 22.9 Å². The Kier molecular flexibility index (Phi) is 5.84. The third-order valence-corrected chi connectivity index (χ3v) is 3.09. The fourth-order valence-electron chi connectivity index (χ4n) is 1.14. The molecule has 1 rings (SSSR count). The van der Waals surface area contributed by atoms with E-state index in [1.54, 1.807) is 0 Å². The topological polar surface area (TPSA) is 41.1 Å². The number of anilines is 1. The Labute approximate surface area is 112 Å². The molecule has 88 valence electrons. The van der Waals surface area contributed by atoms with Gasteiger partial charge in [-0.15, -0.1) is 0 Å². The van der Waals surface area contributed by atoms with Crippen molar-refractivity contribution in [3.8, 4) is 0 Å². The van der Waals surface area contributed by atoms with Gasteiger partial charge in [0, 0.05) is 21.2 Å². The van der Waals surface area contributed by atoms with Crippen LogP contribution in [0, 0.1) is 0 Å². The highest BCUT2D eigenvalue weighted by molar-refractivity contribution is 9.11. The van der Waals surface area contributed by atoms with Crippen LogP contribution in [0.4, 0.5) is 5.69 Å². The highest BCUT2D eigenvalue weighted by Crippen LogP contribution is 2.25. The van der Waals surface area contributed by atoms with E-state index in [-0.39, 0.29) is 5.91 Å². The molecule has 0 radical (unpaired) electrons. The van der Waals surface area contributed by atoms with Crippen LogP contribution in [0.3, 0.4) is 0 Å². The van der Waals surface area contributed by atoms with Crippen molar-refractivity contribution in [3.05, 3.63) is 27.1 Å². The summed E-state index contributed by atoms with van der Waals surface area (Å²) in [6.07, 6.45) is 0.952. The first kappa shape index (κ1) is 13.5. The van der Waals surface area contributed by atoms with Gasteiger partial charge in [0.15, 0.2) is 0 Å². The van der Waals surface area contributed by atoms with E-state index < -0.39 is 0 Å². The van der Waals surface area contributed by atoms with E-state index in [1.165, 1.54) is 0 Å². The SMILES string of the molecule is CCCNC(=O)CNc1ccc(Br)cc1Br. The Balaban J connectivity index is 2.45. The summed E-state index contributed by atoms with van der Waals surface area (Å²) in [4.78, 5) is 11.4. The Morgan fingerprint density at radius 3 is 2.75 bits per heavy atom. The summed E-state index contributed by atoms with van der Waals surface area (Å²) in [5.74, 6) is 0.0108. The molecule has 0 aliphatic heterocycles. The highest BCUT2D eigenvalue weighted by atomic mass is 79.9. The van der Waals surface area contributed by atoms with Crippen LogP contribution in [0.1, 0.15) is 13.3 Å². The molecule has 0 atom stereocenters. The molecule has 0 unspecified atom stereocenters. The predicted molar refractivity (Wildman–Crippen MR) is 73.6 cm³/mol. The number of halogens is 2. The summed E-state index contributed by atoms with van der Waals surface area (Å²) in [6.45, 7) is 3.04. The van der Waals surface area contributed by atoms with E-state index in [0.717, 1.165) is 27.6 Å². The summed E-state index contributed by atoms with van der Waals surface area (Å²) in [6, 6.07) is 5.78. The smallest absolute Gasteiger partial charge is 0.239 e. The number of carbonyl (C=O) groups is 1. The van der Waals surface area contributed by atoms with Crippen LogP contribution < -0.4 is 10.6 Å². The Hall–Kier alpha value is -0.550. The number of nitrogens with one attached hydrogen (secondary N) is 2. The van der Waals surface area contributed by atoms with Gasteiger partial charge in [-0.2, -0.15) is 0 Å². The van der Waals surface area contributed by atoms with Crippen molar-refractivity contribution < 1.29 is 4.79 Å². The fourth-order valence-corrected chi connectivity index (χ4v) is 2.32. The zero-order chi connectivity index (χ0) is 12.0. The molecule has 1 aromatic rings. The first-order valence-electron chi connectivity index (χ1n) is 5.09. The first-order chi connectivity index (χ1) is 7.63. The van der Waals surface area contributed by atoms with E-state index in [2.05, 4.69) is 42.5 Å². The molecule has 2 N–H and O–H groups in total. The van der Waals surface area contributed by atoms with Crippen molar-refractivity contribution in [2.24, 2.45) is 0 Å². The first-order valence-corrected chi connectivity index (χ1v) is 6.67. The lowest BCUT2D eigenvalue weighted by molar-refractivity contribution is -0.119. The molecule has 16 heavy (non-hydrogen) atoms. The summed E-state index contributed by atoms with van der Waals surface area (Å²) in [5.41, 5.74) is 0.912. The minimum Gasteiger partial charge on any atom is -0.375 e. The van der Waals surface area contributed by atoms with E-state index in [0.29, 0.717) is 6.54 Å². The van der Waals surface area contributed by atoms with E-state index in [4.69, 9.17) is 0 Å². The second kappa shape index (κ2) is 6.91. The third-order valence-electron chi connectivity index (χ3n) is 1.94. The van der Waals surface area contributed by atoms with Gasteiger partial charge in [0.05, 0.1) is 6.54 Å². The van der Waals surface area contributed by atoms with Crippen LogP contribution in [0.15, 0.2) is 27.1 Å². The monoisotopic (exact) mass is 348 g/mol. The maximum absolute atomic E-state index is 11.4. The lowest BCUT2D eigenvalue weighted by atomic mass is 10.3. The highest BCUT2D eigenvalue weighted by Gasteiger charge is 2.03. The molecule has 0 spiro atoms. The van der Waals surface area contributed by atoms with Crippen molar-refractivity contribution in [1.82, 2.24) is 5.32 Å². The molecule has 0 aromatic heterocycles. The van der Waals surface area contributed by atoms with Crippen molar-refractivity contribution in [2.75, 3.05) is 18.4 Å². The molecule has 0 saturated carbocycles. The number of hydrogen-bond donors (Lipinski definition) is 2. The predicted octanol–water partition coefficient (Wildman–Crippen LogP) is 3.15. The Bertz CT molecular complexity index is 369. The number of rotatable bonds is 5. The average Bonchev–Trinajstić information content (AvgIpc) is 2.25. The van der Waals surface area contributed by atoms with E-state index in [1.807, 2.05) is 25.1 Å². The van der Waals surface area contributed by atoms with Gasteiger partial charge in [0.2, 0.25) is 5.91 Å². The minimum atomic E-state index is 0.0108. The quantitative estimate of drug-likeness (QED) is 0.857. The zero-order valence-electron chi connectivity index (χ0n) is 9.02. The summed E-state index contributed by atoms with van der Waals surface area (Å²) < 4.78 is 1.94. The third kappa shape index (κ3) is 4.53. The summed E-state index contributed by atoms with van der Waals surface area (Å²) in [7, 11) is 0. The standard InChI is InChI=1S/C11H14Br2N2O/c1-2-5-14-11(16)7-15-10-4-3-8(12)6-9(10)13/h3-4,6,15H,2,5,7H2,1H3,(H,14,16). The summed E-state index contributed by atoms with van der Waals surface area (Å²) >= 11 is 6.80. The molecule has 1 aromatic carbocycles. The molecule has 3 nitrogen and oxygen atoms in total. The molecule has 0 heterocycles. The molecule has 0 fully saturated rings. The van der Waals surface area contributed by atoms with Gasteiger partial charge in [-0.05, 0) is 40.5 Å². The molecular weight excluding hydrogens is 336 g/mol. The van der Waals surface area contributed by atoms with Crippen molar-refractivity contribution >= 4 is 43.5 Å². The van der Waals surface area contributed by atoms with Crippen LogP contribution in [-0.2, 0) is 4.79 Å².